The fraction of sp³-hybridized carbons (Fsp3) is 0.500. The average molecular weight is 321 g/mol. The summed E-state index contributed by atoms with van der Waals surface area (Å²) in [4.78, 5) is 23.7. The number of methoxy groups -OCH3 is 1. The molecule has 1 fully saturated rings. The second kappa shape index (κ2) is 7.94. The zero-order valence-electron chi connectivity index (χ0n) is 13.2. The van der Waals surface area contributed by atoms with Crippen molar-refractivity contribution in [1.29, 1.82) is 0 Å². The van der Waals surface area contributed by atoms with Gasteiger partial charge < -0.3 is 25.8 Å². The fourth-order valence-electron chi connectivity index (χ4n) is 2.52. The Morgan fingerprint density at radius 1 is 1.30 bits per heavy atom. The SMILES string of the molecule is COc1ccc(NC(=O)CNC(=O)CC2(O)CCCNC2)cc1. The zero-order chi connectivity index (χ0) is 16.7. The molecule has 126 valence electrons. The van der Waals surface area contributed by atoms with E-state index in [2.05, 4.69) is 16.0 Å². The third kappa shape index (κ3) is 5.54. The van der Waals surface area contributed by atoms with E-state index in [-0.39, 0.29) is 24.8 Å². The summed E-state index contributed by atoms with van der Waals surface area (Å²) in [6, 6.07) is 6.91. The molecule has 7 heteroatoms. The highest BCUT2D eigenvalue weighted by Crippen LogP contribution is 2.19. The molecule has 1 atom stereocenters. The molecule has 1 aromatic rings. The van der Waals surface area contributed by atoms with Crippen LogP contribution in [-0.2, 0) is 9.59 Å². The number of aliphatic hydroxyl groups is 1. The normalized spacial score (nSPS) is 20.6. The molecular formula is C16H23N3O4. The van der Waals surface area contributed by atoms with E-state index in [9.17, 15) is 14.7 Å². The molecule has 7 nitrogen and oxygen atoms in total. The summed E-state index contributed by atoms with van der Waals surface area (Å²) in [5, 5.41) is 18.5. The van der Waals surface area contributed by atoms with Crippen LogP contribution in [0.15, 0.2) is 24.3 Å². The quantitative estimate of drug-likeness (QED) is 0.602. The van der Waals surface area contributed by atoms with Gasteiger partial charge in [-0.25, -0.2) is 0 Å². The Morgan fingerprint density at radius 2 is 2.04 bits per heavy atom. The first kappa shape index (κ1) is 17.2. The number of amides is 2. The number of carbonyl (C=O) groups is 2. The molecule has 2 rings (SSSR count). The van der Waals surface area contributed by atoms with Gasteiger partial charge in [0.2, 0.25) is 11.8 Å². The standard InChI is InChI=1S/C16H23N3O4/c1-23-13-5-3-12(4-6-13)19-15(21)10-18-14(20)9-16(22)7-2-8-17-11-16/h3-6,17,22H,2,7-11H2,1H3,(H,18,20)(H,19,21). The minimum Gasteiger partial charge on any atom is -0.497 e. The summed E-state index contributed by atoms with van der Waals surface area (Å²) in [7, 11) is 1.57. The maximum atomic E-state index is 11.9. The lowest BCUT2D eigenvalue weighted by Gasteiger charge is -2.31. The molecule has 0 bridgehead atoms. The number of piperidine rings is 1. The van der Waals surface area contributed by atoms with E-state index >= 15 is 0 Å². The molecule has 0 saturated carbocycles. The molecule has 0 aliphatic carbocycles. The third-order valence-electron chi connectivity index (χ3n) is 3.76. The van der Waals surface area contributed by atoms with Crippen LogP contribution in [0.25, 0.3) is 0 Å². The average Bonchev–Trinajstić information content (AvgIpc) is 2.54. The van der Waals surface area contributed by atoms with Gasteiger partial charge in [0.15, 0.2) is 0 Å². The molecule has 1 aromatic carbocycles. The van der Waals surface area contributed by atoms with Gasteiger partial charge in [0, 0.05) is 12.2 Å². The molecule has 1 heterocycles. The van der Waals surface area contributed by atoms with Crippen molar-refractivity contribution in [3.05, 3.63) is 24.3 Å². The van der Waals surface area contributed by atoms with Crippen molar-refractivity contribution in [2.75, 3.05) is 32.1 Å². The molecule has 1 saturated heterocycles. The van der Waals surface area contributed by atoms with Crippen LogP contribution in [0.1, 0.15) is 19.3 Å². The topological polar surface area (TPSA) is 99.7 Å². The maximum Gasteiger partial charge on any atom is 0.243 e. The van der Waals surface area contributed by atoms with Crippen molar-refractivity contribution < 1.29 is 19.4 Å². The minimum absolute atomic E-state index is 0.00415. The fourth-order valence-corrected chi connectivity index (χ4v) is 2.52. The van der Waals surface area contributed by atoms with Crippen molar-refractivity contribution in [3.8, 4) is 5.75 Å². The summed E-state index contributed by atoms with van der Waals surface area (Å²) in [5.41, 5.74) is -0.394. The summed E-state index contributed by atoms with van der Waals surface area (Å²) in [6.07, 6.45) is 1.42. The number of β-amino-alcohol motifs (C(OH)–C–C–N with tert-alkyl or cyclic N) is 1. The van der Waals surface area contributed by atoms with Crippen LogP contribution in [0.4, 0.5) is 5.69 Å². The molecule has 0 aromatic heterocycles. The van der Waals surface area contributed by atoms with Crippen LogP contribution in [0.5, 0.6) is 5.75 Å². The van der Waals surface area contributed by atoms with E-state index in [0.717, 1.165) is 13.0 Å². The van der Waals surface area contributed by atoms with Gasteiger partial charge in [-0.15, -0.1) is 0 Å². The van der Waals surface area contributed by atoms with Crippen molar-refractivity contribution in [1.82, 2.24) is 10.6 Å². The van der Waals surface area contributed by atoms with E-state index in [0.29, 0.717) is 24.4 Å². The third-order valence-corrected chi connectivity index (χ3v) is 3.76. The van der Waals surface area contributed by atoms with E-state index < -0.39 is 5.60 Å². The molecule has 4 N–H and O–H groups in total. The number of carbonyl (C=O) groups excluding carboxylic acids is 2. The molecule has 1 aliphatic heterocycles. The van der Waals surface area contributed by atoms with Crippen LogP contribution in [0.3, 0.4) is 0 Å². The highest BCUT2D eigenvalue weighted by molar-refractivity contribution is 5.94. The largest absolute Gasteiger partial charge is 0.497 e. The predicted molar refractivity (Wildman–Crippen MR) is 86.3 cm³/mol. The first-order valence-electron chi connectivity index (χ1n) is 7.64. The van der Waals surface area contributed by atoms with E-state index in [1.807, 2.05) is 0 Å². The van der Waals surface area contributed by atoms with Gasteiger partial charge in [0.1, 0.15) is 5.75 Å². The number of nitrogens with one attached hydrogen (secondary N) is 3. The van der Waals surface area contributed by atoms with E-state index in [1.54, 1.807) is 31.4 Å². The first-order chi connectivity index (χ1) is 11.0. The number of anilines is 1. The van der Waals surface area contributed by atoms with Crippen molar-refractivity contribution in [2.24, 2.45) is 0 Å². The Hall–Kier alpha value is -2.12. The van der Waals surface area contributed by atoms with Crippen LogP contribution < -0.4 is 20.7 Å². The Bertz CT molecular complexity index is 539. The van der Waals surface area contributed by atoms with Gasteiger partial charge in [0.05, 0.1) is 25.7 Å². The smallest absolute Gasteiger partial charge is 0.243 e. The first-order valence-corrected chi connectivity index (χ1v) is 7.64. The monoisotopic (exact) mass is 321 g/mol. The van der Waals surface area contributed by atoms with Gasteiger partial charge in [-0.05, 0) is 43.7 Å². The second-order valence-electron chi connectivity index (χ2n) is 5.73. The maximum absolute atomic E-state index is 11.9. The Kier molecular flexibility index (Phi) is 5.95. The molecule has 23 heavy (non-hydrogen) atoms. The van der Waals surface area contributed by atoms with Crippen molar-refractivity contribution in [3.63, 3.8) is 0 Å². The number of ether oxygens (including phenoxy) is 1. The van der Waals surface area contributed by atoms with Crippen LogP contribution in [0, 0.1) is 0 Å². The van der Waals surface area contributed by atoms with Crippen LogP contribution in [-0.4, -0.2) is 49.3 Å². The lowest BCUT2D eigenvalue weighted by atomic mass is 9.90. The summed E-state index contributed by atoms with van der Waals surface area (Å²) in [5.74, 6) is 0.0454. The number of benzene rings is 1. The zero-order valence-corrected chi connectivity index (χ0v) is 13.2. The second-order valence-corrected chi connectivity index (χ2v) is 5.73. The Balaban J connectivity index is 1.73. The molecule has 0 spiro atoms. The van der Waals surface area contributed by atoms with E-state index in [4.69, 9.17) is 4.74 Å². The van der Waals surface area contributed by atoms with E-state index in [1.165, 1.54) is 0 Å². The van der Waals surface area contributed by atoms with Crippen LogP contribution >= 0.6 is 0 Å². The Morgan fingerprint density at radius 3 is 2.65 bits per heavy atom. The molecular weight excluding hydrogens is 298 g/mol. The summed E-state index contributed by atoms with van der Waals surface area (Å²) in [6.45, 7) is 1.13. The molecule has 1 unspecified atom stereocenters. The lowest BCUT2D eigenvalue weighted by Crippen LogP contribution is -2.49. The Labute approximate surface area is 135 Å². The number of hydrogen-bond donors (Lipinski definition) is 4. The summed E-state index contributed by atoms with van der Waals surface area (Å²) >= 11 is 0. The highest BCUT2D eigenvalue weighted by Gasteiger charge is 2.31. The number of rotatable bonds is 6. The lowest BCUT2D eigenvalue weighted by molar-refractivity contribution is -0.128. The van der Waals surface area contributed by atoms with Crippen molar-refractivity contribution in [2.45, 2.75) is 24.9 Å². The summed E-state index contributed by atoms with van der Waals surface area (Å²) < 4.78 is 5.04. The molecule has 2 amide bonds. The number of hydrogen-bond acceptors (Lipinski definition) is 5. The van der Waals surface area contributed by atoms with Gasteiger partial charge in [-0.1, -0.05) is 0 Å². The van der Waals surface area contributed by atoms with Gasteiger partial charge >= 0.3 is 0 Å². The minimum atomic E-state index is -1.02. The van der Waals surface area contributed by atoms with Gasteiger partial charge in [-0.3, -0.25) is 9.59 Å². The molecule has 1 aliphatic rings. The molecule has 0 radical (unpaired) electrons. The van der Waals surface area contributed by atoms with Crippen molar-refractivity contribution >= 4 is 17.5 Å². The highest BCUT2D eigenvalue weighted by atomic mass is 16.5. The van der Waals surface area contributed by atoms with Gasteiger partial charge in [-0.2, -0.15) is 0 Å². The van der Waals surface area contributed by atoms with Crippen LogP contribution in [0.2, 0.25) is 0 Å². The predicted octanol–water partition coefficient (Wildman–Crippen LogP) is 0.254. The van der Waals surface area contributed by atoms with Gasteiger partial charge in [0.25, 0.3) is 0 Å².